The zero-order chi connectivity index (χ0) is 16.6. The highest BCUT2D eigenvalue weighted by atomic mass is 28.4. The van der Waals surface area contributed by atoms with Crippen LogP contribution in [0.2, 0.25) is 6.04 Å². The van der Waals surface area contributed by atoms with Crippen LogP contribution in [0.15, 0.2) is 24.3 Å². The zero-order valence-electron chi connectivity index (χ0n) is 12.9. The second-order valence-corrected chi connectivity index (χ2v) is 7.97. The van der Waals surface area contributed by atoms with E-state index in [1.165, 1.54) is 26.4 Å². The predicted octanol–water partition coefficient (Wildman–Crippen LogP) is 4.03. The monoisotopic (exact) mass is 336 g/mol. The van der Waals surface area contributed by atoms with Crippen LogP contribution < -0.4 is 0 Å². The van der Waals surface area contributed by atoms with Crippen molar-refractivity contribution in [3.63, 3.8) is 0 Å². The van der Waals surface area contributed by atoms with Crippen LogP contribution in [0.3, 0.4) is 0 Å². The van der Waals surface area contributed by atoms with Gasteiger partial charge in [-0.15, -0.1) is 0 Å². The molecule has 126 valence electrons. The van der Waals surface area contributed by atoms with Gasteiger partial charge in [0, 0.05) is 20.3 Å². The quantitative estimate of drug-likeness (QED) is 0.546. The number of alkyl halides is 3. The Balaban J connectivity index is 2.23. The molecule has 0 unspecified atom stereocenters. The first-order valence-electron chi connectivity index (χ1n) is 7.29. The molecule has 0 aliphatic heterocycles. The maximum Gasteiger partial charge on any atom is 0.497 e. The number of unbranched alkanes of at least 4 members (excludes halogenated alkanes) is 3. The second kappa shape index (κ2) is 8.66. The van der Waals surface area contributed by atoms with Crippen LogP contribution in [0, 0.1) is 0 Å². The van der Waals surface area contributed by atoms with Crippen LogP contribution in [0.1, 0.15) is 36.8 Å². The lowest BCUT2D eigenvalue weighted by Crippen LogP contribution is -2.39. The zero-order valence-corrected chi connectivity index (χ0v) is 13.9. The molecule has 1 aromatic carbocycles. The third-order valence-electron chi connectivity index (χ3n) is 3.63. The van der Waals surface area contributed by atoms with Gasteiger partial charge in [0.1, 0.15) is 0 Å². The van der Waals surface area contributed by atoms with Gasteiger partial charge in [-0.25, -0.2) is 0 Å². The van der Waals surface area contributed by atoms with Crippen LogP contribution in [0.4, 0.5) is 13.2 Å². The van der Waals surface area contributed by atoms with Crippen molar-refractivity contribution in [1.82, 2.24) is 0 Å². The lowest BCUT2D eigenvalue weighted by atomic mass is 10.0. The largest absolute Gasteiger partial charge is 0.497 e. The van der Waals surface area contributed by atoms with Crippen molar-refractivity contribution in [2.75, 3.05) is 14.2 Å². The van der Waals surface area contributed by atoms with Crippen LogP contribution in [0.25, 0.3) is 0 Å². The number of rotatable bonds is 9. The molecule has 1 aromatic rings. The average molecular weight is 336 g/mol. The Morgan fingerprint density at radius 1 is 0.955 bits per heavy atom. The average Bonchev–Trinajstić information content (AvgIpc) is 2.50. The predicted molar refractivity (Wildman–Crippen MR) is 80.4 cm³/mol. The highest BCUT2D eigenvalue weighted by molar-refractivity contribution is 6.59. The minimum absolute atomic E-state index is 0.528. The summed E-state index contributed by atoms with van der Waals surface area (Å²) in [5.74, 6) is 0. The van der Waals surface area contributed by atoms with Crippen molar-refractivity contribution < 1.29 is 26.8 Å². The molecule has 0 saturated heterocycles. The fraction of sp³-hybridized carbons (Fsp3) is 0.600. The molecule has 0 amide bonds. The number of hydrogen-bond acceptors (Lipinski definition) is 3. The van der Waals surface area contributed by atoms with Crippen LogP contribution >= 0.6 is 0 Å². The van der Waals surface area contributed by atoms with Gasteiger partial charge in [-0.05, 0) is 37.0 Å². The van der Waals surface area contributed by atoms with E-state index in [1.54, 1.807) is 0 Å². The van der Waals surface area contributed by atoms with E-state index < -0.39 is 20.5 Å². The fourth-order valence-electron chi connectivity index (χ4n) is 2.18. The first kappa shape index (κ1) is 19.2. The van der Waals surface area contributed by atoms with Crippen LogP contribution in [0.5, 0.6) is 0 Å². The summed E-state index contributed by atoms with van der Waals surface area (Å²) in [7, 11) is -0.0627. The molecule has 0 atom stereocenters. The SMILES string of the molecule is CO[Si](O)(CCCCCCc1ccc(C(F)(F)F)cc1)OC. The third-order valence-corrected chi connectivity index (χ3v) is 5.89. The number of hydrogen-bond donors (Lipinski definition) is 1. The van der Waals surface area contributed by atoms with Gasteiger partial charge >= 0.3 is 15.0 Å². The molecule has 0 saturated carbocycles. The van der Waals surface area contributed by atoms with Crippen LogP contribution in [-0.4, -0.2) is 27.8 Å². The Morgan fingerprint density at radius 3 is 2.00 bits per heavy atom. The minimum atomic E-state index is -4.28. The summed E-state index contributed by atoms with van der Waals surface area (Å²) >= 11 is 0. The summed E-state index contributed by atoms with van der Waals surface area (Å²) in [6.45, 7) is 0. The molecule has 0 aliphatic rings. The summed E-state index contributed by atoms with van der Waals surface area (Å²) in [5.41, 5.74) is 0.298. The van der Waals surface area contributed by atoms with Crippen LogP contribution in [-0.2, 0) is 21.4 Å². The molecule has 0 spiro atoms. The highest BCUT2D eigenvalue weighted by Gasteiger charge is 2.33. The summed E-state index contributed by atoms with van der Waals surface area (Å²) in [4.78, 5) is 9.86. The molecule has 0 aromatic heterocycles. The molecular weight excluding hydrogens is 313 g/mol. The van der Waals surface area contributed by atoms with E-state index in [1.807, 2.05) is 0 Å². The second-order valence-electron chi connectivity index (χ2n) is 5.23. The Hall–Kier alpha value is -0.893. The summed E-state index contributed by atoms with van der Waals surface area (Å²) < 4.78 is 47.2. The molecule has 0 heterocycles. The maximum atomic E-state index is 12.4. The molecule has 7 heteroatoms. The number of halogens is 3. The van der Waals surface area contributed by atoms with Crippen molar-refractivity contribution in [3.8, 4) is 0 Å². The van der Waals surface area contributed by atoms with E-state index >= 15 is 0 Å². The summed E-state index contributed by atoms with van der Waals surface area (Å²) in [6.07, 6.45) is 0.0978. The Labute approximate surface area is 130 Å². The van der Waals surface area contributed by atoms with Gasteiger partial charge in [-0.2, -0.15) is 13.2 Å². The van der Waals surface area contributed by atoms with Gasteiger partial charge in [0.15, 0.2) is 0 Å². The molecule has 0 aliphatic carbocycles. The molecule has 22 heavy (non-hydrogen) atoms. The first-order valence-corrected chi connectivity index (χ1v) is 9.26. The van der Waals surface area contributed by atoms with Crippen molar-refractivity contribution in [3.05, 3.63) is 35.4 Å². The summed E-state index contributed by atoms with van der Waals surface area (Å²) in [6, 6.07) is 5.84. The minimum Gasteiger partial charge on any atom is -0.390 e. The molecular formula is C15H23F3O3Si. The smallest absolute Gasteiger partial charge is 0.390 e. The molecule has 0 bridgehead atoms. The maximum absolute atomic E-state index is 12.4. The first-order chi connectivity index (χ1) is 10.3. The summed E-state index contributed by atoms with van der Waals surface area (Å²) in [5, 5.41) is 0. The van der Waals surface area contributed by atoms with Gasteiger partial charge in [-0.1, -0.05) is 25.0 Å². The van der Waals surface area contributed by atoms with Gasteiger partial charge in [0.05, 0.1) is 5.56 Å². The lowest BCUT2D eigenvalue weighted by Gasteiger charge is -2.19. The van der Waals surface area contributed by atoms with Gasteiger partial charge in [0.2, 0.25) is 0 Å². The topological polar surface area (TPSA) is 38.7 Å². The standard InChI is InChI=1S/C15H23F3O3Si/c1-20-22(19,21-2)12-6-4-3-5-7-13-8-10-14(11-9-13)15(16,17)18/h8-11,19H,3-7,12H2,1-2H3. The Morgan fingerprint density at radius 2 is 1.50 bits per heavy atom. The van der Waals surface area contributed by atoms with E-state index in [9.17, 15) is 18.0 Å². The molecule has 1 rings (SSSR count). The Kier molecular flexibility index (Phi) is 7.54. The molecule has 1 N–H and O–H groups in total. The third kappa shape index (κ3) is 6.47. The molecule has 3 nitrogen and oxygen atoms in total. The van der Waals surface area contributed by atoms with E-state index in [2.05, 4.69) is 0 Å². The normalized spacial score (nSPS) is 12.6. The van der Waals surface area contributed by atoms with Crippen molar-refractivity contribution >= 4 is 8.80 Å². The van der Waals surface area contributed by atoms with Gasteiger partial charge < -0.3 is 13.6 Å². The van der Waals surface area contributed by atoms with E-state index in [4.69, 9.17) is 8.85 Å². The van der Waals surface area contributed by atoms with Gasteiger partial charge in [-0.3, -0.25) is 0 Å². The fourth-order valence-corrected chi connectivity index (χ4v) is 3.45. The Bertz CT molecular complexity index is 431. The highest BCUT2D eigenvalue weighted by Crippen LogP contribution is 2.29. The van der Waals surface area contributed by atoms with Crippen molar-refractivity contribution in [1.29, 1.82) is 0 Å². The van der Waals surface area contributed by atoms with Gasteiger partial charge in [0.25, 0.3) is 0 Å². The van der Waals surface area contributed by atoms with E-state index in [0.717, 1.165) is 49.8 Å². The molecule has 0 radical (unpaired) electrons. The lowest BCUT2D eigenvalue weighted by molar-refractivity contribution is -0.137. The van der Waals surface area contributed by atoms with E-state index in [0.29, 0.717) is 6.04 Å². The number of aryl methyl sites for hydroxylation is 1. The molecule has 0 fully saturated rings. The number of benzene rings is 1. The van der Waals surface area contributed by atoms with Crippen molar-refractivity contribution in [2.24, 2.45) is 0 Å². The van der Waals surface area contributed by atoms with E-state index in [-0.39, 0.29) is 0 Å². The van der Waals surface area contributed by atoms with Crippen molar-refractivity contribution in [2.45, 2.75) is 44.3 Å².